The largest absolute Gasteiger partial charge is 0.328 e. The maximum absolute atomic E-state index is 11.3. The van der Waals surface area contributed by atoms with E-state index in [1.807, 2.05) is 37.3 Å². The van der Waals surface area contributed by atoms with E-state index in [0.717, 1.165) is 17.5 Å². The second kappa shape index (κ2) is 4.10. The molecule has 1 atom stereocenters. The standard InChI is InChI=1S/C13H12N4O/c1-9-11(7-18)12(10-5-3-2-4-6-10)17-13(16-9)14-8-15-17/h2-8,12H,1H3,(H,14,15,16). The highest BCUT2D eigenvalue weighted by molar-refractivity contribution is 5.79. The Labute approximate surface area is 104 Å². The van der Waals surface area contributed by atoms with Gasteiger partial charge in [0.05, 0.1) is 0 Å². The van der Waals surface area contributed by atoms with E-state index in [-0.39, 0.29) is 6.04 Å². The van der Waals surface area contributed by atoms with Crippen LogP contribution in [-0.2, 0) is 4.79 Å². The molecule has 0 spiro atoms. The summed E-state index contributed by atoms with van der Waals surface area (Å²) >= 11 is 0. The van der Waals surface area contributed by atoms with Crippen LogP contribution in [0.4, 0.5) is 5.95 Å². The Morgan fingerprint density at radius 3 is 2.83 bits per heavy atom. The van der Waals surface area contributed by atoms with Crippen LogP contribution < -0.4 is 5.32 Å². The Morgan fingerprint density at radius 1 is 1.33 bits per heavy atom. The maximum atomic E-state index is 11.3. The molecule has 3 rings (SSSR count). The molecule has 0 radical (unpaired) electrons. The number of anilines is 1. The average Bonchev–Trinajstić information content (AvgIpc) is 2.85. The summed E-state index contributed by atoms with van der Waals surface area (Å²) in [5.74, 6) is 0.659. The topological polar surface area (TPSA) is 59.8 Å². The van der Waals surface area contributed by atoms with Crippen molar-refractivity contribution in [1.29, 1.82) is 0 Å². The smallest absolute Gasteiger partial charge is 0.226 e. The Hall–Kier alpha value is -2.43. The number of nitrogens with one attached hydrogen (secondary N) is 1. The fourth-order valence-electron chi connectivity index (χ4n) is 2.21. The van der Waals surface area contributed by atoms with Gasteiger partial charge in [0.1, 0.15) is 18.7 Å². The summed E-state index contributed by atoms with van der Waals surface area (Å²) in [6.07, 6.45) is 2.36. The first-order chi connectivity index (χ1) is 8.81. The zero-order chi connectivity index (χ0) is 12.5. The highest BCUT2D eigenvalue weighted by Crippen LogP contribution is 2.32. The van der Waals surface area contributed by atoms with Gasteiger partial charge in [0.2, 0.25) is 5.95 Å². The average molecular weight is 240 g/mol. The second-order valence-electron chi connectivity index (χ2n) is 4.16. The van der Waals surface area contributed by atoms with Crippen LogP contribution in [0.15, 0.2) is 47.9 Å². The third-order valence-electron chi connectivity index (χ3n) is 3.09. The van der Waals surface area contributed by atoms with Crippen LogP contribution in [0.5, 0.6) is 0 Å². The molecule has 0 saturated heterocycles. The van der Waals surface area contributed by atoms with Crippen molar-refractivity contribution in [3.8, 4) is 0 Å². The fraction of sp³-hybridized carbons (Fsp3) is 0.154. The normalized spacial score (nSPS) is 18.2. The first-order valence-corrected chi connectivity index (χ1v) is 5.68. The van der Waals surface area contributed by atoms with E-state index in [4.69, 9.17) is 0 Å². The summed E-state index contributed by atoms with van der Waals surface area (Å²) in [6.45, 7) is 1.87. The van der Waals surface area contributed by atoms with Crippen LogP contribution in [0.2, 0.25) is 0 Å². The van der Waals surface area contributed by atoms with Gasteiger partial charge >= 0.3 is 0 Å². The molecule has 5 heteroatoms. The summed E-state index contributed by atoms with van der Waals surface area (Å²) in [7, 11) is 0. The van der Waals surface area contributed by atoms with Gasteiger partial charge in [0, 0.05) is 11.3 Å². The molecule has 1 unspecified atom stereocenters. The molecule has 18 heavy (non-hydrogen) atoms. The number of benzene rings is 1. The molecule has 90 valence electrons. The van der Waals surface area contributed by atoms with Gasteiger partial charge in [-0.05, 0) is 12.5 Å². The number of nitrogens with zero attached hydrogens (tertiary/aromatic N) is 3. The zero-order valence-electron chi connectivity index (χ0n) is 9.87. The van der Waals surface area contributed by atoms with Gasteiger partial charge in [-0.1, -0.05) is 30.3 Å². The highest BCUT2D eigenvalue weighted by atomic mass is 16.1. The Balaban J connectivity index is 2.19. The number of aldehydes is 1. The Bertz CT molecular complexity index is 615. The molecule has 1 aliphatic heterocycles. The third-order valence-corrected chi connectivity index (χ3v) is 3.09. The summed E-state index contributed by atoms with van der Waals surface area (Å²) < 4.78 is 1.73. The van der Waals surface area contributed by atoms with E-state index < -0.39 is 0 Å². The van der Waals surface area contributed by atoms with Crippen LogP contribution in [0.1, 0.15) is 18.5 Å². The molecule has 1 aliphatic rings. The number of rotatable bonds is 2. The lowest BCUT2D eigenvalue weighted by atomic mass is 9.97. The van der Waals surface area contributed by atoms with Crippen molar-refractivity contribution in [2.45, 2.75) is 13.0 Å². The Kier molecular flexibility index (Phi) is 2.44. The van der Waals surface area contributed by atoms with E-state index in [1.54, 1.807) is 4.68 Å². The van der Waals surface area contributed by atoms with Gasteiger partial charge in [-0.15, -0.1) is 0 Å². The molecule has 2 heterocycles. The van der Waals surface area contributed by atoms with Crippen molar-refractivity contribution in [3.05, 3.63) is 53.5 Å². The van der Waals surface area contributed by atoms with Crippen LogP contribution in [0, 0.1) is 0 Å². The van der Waals surface area contributed by atoms with Crippen molar-refractivity contribution >= 4 is 12.2 Å². The molecule has 0 aliphatic carbocycles. The second-order valence-corrected chi connectivity index (χ2v) is 4.16. The van der Waals surface area contributed by atoms with E-state index in [0.29, 0.717) is 11.5 Å². The highest BCUT2D eigenvalue weighted by Gasteiger charge is 2.28. The predicted molar refractivity (Wildman–Crippen MR) is 67.0 cm³/mol. The van der Waals surface area contributed by atoms with Crippen molar-refractivity contribution < 1.29 is 4.79 Å². The van der Waals surface area contributed by atoms with Gasteiger partial charge < -0.3 is 5.32 Å². The number of aromatic nitrogens is 3. The van der Waals surface area contributed by atoms with Gasteiger partial charge in [-0.25, -0.2) is 4.68 Å². The first kappa shape index (κ1) is 10.7. The molecule has 1 aromatic carbocycles. The van der Waals surface area contributed by atoms with Crippen LogP contribution in [0.25, 0.3) is 0 Å². The van der Waals surface area contributed by atoms with Crippen molar-refractivity contribution in [3.63, 3.8) is 0 Å². The number of allylic oxidation sites excluding steroid dienone is 2. The summed E-state index contributed by atoms with van der Waals surface area (Å²) in [6, 6.07) is 9.61. The molecule has 1 N–H and O–H groups in total. The number of carbonyl (C=O) groups excluding carboxylic acids is 1. The first-order valence-electron chi connectivity index (χ1n) is 5.68. The minimum Gasteiger partial charge on any atom is -0.328 e. The zero-order valence-corrected chi connectivity index (χ0v) is 9.87. The van der Waals surface area contributed by atoms with E-state index in [1.165, 1.54) is 6.33 Å². The maximum Gasteiger partial charge on any atom is 0.226 e. The van der Waals surface area contributed by atoms with E-state index in [9.17, 15) is 4.79 Å². The van der Waals surface area contributed by atoms with Gasteiger partial charge in [-0.3, -0.25) is 4.79 Å². The quantitative estimate of drug-likeness (QED) is 0.813. The predicted octanol–water partition coefficient (Wildman–Crippen LogP) is 1.77. The Morgan fingerprint density at radius 2 is 2.11 bits per heavy atom. The number of carbonyl (C=O) groups is 1. The summed E-state index contributed by atoms with van der Waals surface area (Å²) in [5.41, 5.74) is 2.52. The number of fused-ring (bicyclic) bond motifs is 1. The lowest BCUT2D eigenvalue weighted by molar-refractivity contribution is -0.105. The van der Waals surface area contributed by atoms with Crippen LogP contribution in [0.3, 0.4) is 0 Å². The summed E-state index contributed by atoms with van der Waals surface area (Å²) in [4.78, 5) is 15.5. The molecule has 0 saturated carbocycles. The van der Waals surface area contributed by atoms with Gasteiger partial charge in [0.25, 0.3) is 0 Å². The molecule has 1 aromatic heterocycles. The van der Waals surface area contributed by atoms with Crippen molar-refractivity contribution in [2.24, 2.45) is 0 Å². The molecule has 0 amide bonds. The fourth-order valence-corrected chi connectivity index (χ4v) is 2.21. The molecular weight excluding hydrogens is 228 g/mol. The van der Waals surface area contributed by atoms with Crippen LogP contribution in [-0.4, -0.2) is 21.1 Å². The molecular formula is C13H12N4O. The number of hydrogen-bond donors (Lipinski definition) is 1. The van der Waals surface area contributed by atoms with Crippen molar-refractivity contribution in [1.82, 2.24) is 14.8 Å². The SMILES string of the molecule is CC1=C(C=O)C(c2ccccc2)n2ncnc2N1. The minimum atomic E-state index is -0.206. The lowest BCUT2D eigenvalue weighted by Gasteiger charge is -2.26. The van der Waals surface area contributed by atoms with Gasteiger partial charge in [0.15, 0.2) is 0 Å². The van der Waals surface area contributed by atoms with E-state index in [2.05, 4.69) is 15.4 Å². The molecule has 5 nitrogen and oxygen atoms in total. The third kappa shape index (κ3) is 1.52. The summed E-state index contributed by atoms with van der Waals surface area (Å²) in [5, 5.41) is 7.28. The monoisotopic (exact) mass is 240 g/mol. The minimum absolute atomic E-state index is 0.206. The molecule has 0 fully saturated rings. The molecule has 2 aromatic rings. The molecule has 0 bridgehead atoms. The van der Waals surface area contributed by atoms with E-state index >= 15 is 0 Å². The van der Waals surface area contributed by atoms with Crippen LogP contribution >= 0.6 is 0 Å². The number of hydrogen-bond acceptors (Lipinski definition) is 4. The van der Waals surface area contributed by atoms with Gasteiger partial charge in [-0.2, -0.15) is 10.1 Å². The lowest BCUT2D eigenvalue weighted by Crippen LogP contribution is -2.25. The van der Waals surface area contributed by atoms with Crippen molar-refractivity contribution in [2.75, 3.05) is 5.32 Å².